The first kappa shape index (κ1) is 39.6. The molecule has 0 heterocycles. The third-order valence-corrected chi connectivity index (χ3v) is 7.12. The van der Waals surface area contributed by atoms with Crippen molar-refractivity contribution in [2.24, 2.45) is 0 Å². The van der Waals surface area contributed by atoms with Gasteiger partial charge in [-0.3, -0.25) is 0 Å². The fourth-order valence-electron chi connectivity index (χ4n) is 3.74. The molecule has 182 valence electrons. The van der Waals surface area contributed by atoms with Gasteiger partial charge in [-0.15, -0.1) is 0 Å². The number of unbranched alkanes of at least 4 members (excludes halogenated alkanes) is 19. The van der Waals surface area contributed by atoms with E-state index in [0.29, 0.717) is 12.8 Å². The summed E-state index contributed by atoms with van der Waals surface area (Å²) in [7, 11) is -8.05. The van der Waals surface area contributed by atoms with Crippen molar-refractivity contribution in [1.29, 1.82) is 0 Å². The van der Waals surface area contributed by atoms with E-state index in [4.69, 9.17) is 0 Å². The van der Waals surface area contributed by atoms with Gasteiger partial charge in [0.2, 0.25) is 0 Å². The van der Waals surface area contributed by atoms with Crippen LogP contribution in [0, 0.1) is 0 Å². The van der Waals surface area contributed by atoms with Crippen molar-refractivity contribution in [2.75, 3.05) is 11.5 Å². The second-order valence-corrected chi connectivity index (χ2v) is 11.6. The van der Waals surface area contributed by atoms with Crippen LogP contribution in [-0.4, -0.2) is 37.4 Å². The van der Waals surface area contributed by atoms with E-state index < -0.39 is 20.2 Å². The molecule has 0 amide bonds. The van der Waals surface area contributed by atoms with Gasteiger partial charge < -0.3 is 9.11 Å². The Morgan fingerprint density at radius 2 is 0.438 bits per heavy atom. The normalized spacial score (nSPS) is 11.7. The predicted molar refractivity (Wildman–Crippen MR) is 121 cm³/mol. The average molecular weight is 547 g/mol. The smallest absolute Gasteiger partial charge is 0.748 e. The van der Waals surface area contributed by atoms with Crippen LogP contribution in [-0.2, 0) is 20.2 Å². The standard InChI is InChI=1S/C22H46O6S2.2K/c23-29(24,25)21-19-17-15-13-11-9-7-5-3-1-2-4-6-8-10-12-14-16-18-20-22-30(26,27)28;;/h1-22H2,(H,23,24,25)(H,26,27,28);;/q;2*+1/p-2. The molecule has 0 aromatic carbocycles. The molecule has 0 spiro atoms. The van der Waals surface area contributed by atoms with Crippen molar-refractivity contribution in [1.82, 2.24) is 0 Å². The van der Waals surface area contributed by atoms with Crippen molar-refractivity contribution in [3.8, 4) is 0 Å². The Kier molecular flexibility index (Phi) is 33.6. The molecule has 10 heteroatoms. The Labute approximate surface area is 284 Å². The van der Waals surface area contributed by atoms with Crippen LogP contribution in [0.5, 0.6) is 0 Å². The molecule has 0 aliphatic heterocycles. The van der Waals surface area contributed by atoms with Gasteiger partial charge in [0.05, 0.1) is 20.2 Å². The monoisotopic (exact) mass is 546 g/mol. The van der Waals surface area contributed by atoms with E-state index in [1.807, 2.05) is 0 Å². The first-order chi connectivity index (χ1) is 14.2. The number of hydrogen-bond acceptors (Lipinski definition) is 6. The van der Waals surface area contributed by atoms with Crippen molar-refractivity contribution >= 4 is 20.2 Å². The third kappa shape index (κ3) is 37.6. The molecular weight excluding hydrogens is 503 g/mol. The zero-order chi connectivity index (χ0) is 22.6. The topological polar surface area (TPSA) is 114 Å². The van der Waals surface area contributed by atoms with Gasteiger partial charge >= 0.3 is 103 Å². The maximum Gasteiger partial charge on any atom is 1.00 e. The van der Waals surface area contributed by atoms with Crippen LogP contribution in [0.4, 0.5) is 0 Å². The average Bonchev–Trinajstić information content (AvgIpc) is 2.64. The second-order valence-electron chi connectivity index (χ2n) is 8.59. The van der Waals surface area contributed by atoms with Gasteiger partial charge in [0, 0.05) is 11.5 Å². The van der Waals surface area contributed by atoms with Crippen LogP contribution in [0.2, 0.25) is 0 Å². The van der Waals surface area contributed by atoms with Crippen LogP contribution in [0.1, 0.15) is 128 Å². The SMILES string of the molecule is O=S(=O)([O-])CCCCCCCCCCCCCCCCCCCCCCS(=O)(=O)[O-].[K+].[K+]. The summed E-state index contributed by atoms with van der Waals surface area (Å²) < 4.78 is 62.9. The molecule has 0 atom stereocenters. The molecule has 6 nitrogen and oxygen atoms in total. The van der Waals surface area contributed by atoms with E-state index >= 15 is 0 Å². The summed E-state index contributed by atoms with van der Waals surface area (Å²) in [5.41, 5.74) is 0. The summed E-state index contributed by atoms with van der Waals surface area (Å²) in [6.07, 6.45) is 22.4. The minimum atomic E-state index is -4.03. The van der Waals surface area contributed by atoms with Gasteiger partial charge in [-0.2, -0.15) is 0 Å². The van der Waals surface area contributed by atoms with Crippen LogP contribution in [0.15, 0.2) is 0 Å². The van der Waals surface area contributed by atoms with Crippen LogP contribution < -0.4 is 103 Å². The van der Waals surface area contributed by atoms with Gasteiger partial charge in [-0.25, -0.2) is 16.8 Å². The molecule has 0 aliphatic rings. The molecule has 0 radical (unpaired) electrons. The summed E-state index contributed by atoms with van der Waals surface area (Å²) in [5, 5.41) is 0. The minimum absolute atomic E-state index is 0. The van der Waals surface area contributed by atoms with E-state index in [9.17, 15) is 25.9 Å². The molecule has 0 aliphatic carbocycles. The third-order valence-electron chi connectivity index (χ3n) is 5.54. The molecule has 0 rings (SSSR count). The van der Waals surface area contributed by atoms with E-state index in [2.05, 4.69) is 0 Å². The molecule has 0 aromatic rings. The Morgan fingerprint density at radius 1 is 0.312 bits per heavy atom. The van der Waals surface area contributed by atoms with Crippen molar-refractivity contribution < 1.29 is 129 Å². The van der Waals surface area contributed by atoms with E-state index in [0.717, 1.165) is 38.5 Å². The molecule has 0 unspecified atom stereocenters. The Hall–Kier alpha value is 3.09. The second kappa shape index (κ2) is 27.1. The van der Waals surface area contributed by atoms with Gasteiger partial charge in [0.25, 0.3) is 0 Å². The maximum absolute atomic E-state index is 10.5. The summed E-state index contributed by atoms with van der Waals surface area (Å²) in [4.78, 5) is 0. The van der Waals surface area contributed by atoms with Crippen molar-refractivity contribution in [3.05, 3.63) is 0 Å². The Bertz CT molecular complexity index is 531. The number of rotatable bonds is 23. The minimum Gasteiger partial charge on any atom is -0.748 e. The van der Waals surface area contributed by atoms with Gasteiger partial charge in [-0.1, -0.05) is 116 Å². The summed E-state index contributed by atoms with van der Waals surface area (Å²) in [6, 6.07) is 0. The quantitative estimate of drug-likeness (QED) is 0.100. The van der Waals surface area contributed by atoms with Crippen molar-refractivity contribution in [3.63, 3.8) is 0 Å². The molecular formula is C22H44K2O6S2. The van der Waals surface area contributed by atoms with Crippen LogP contribution in [0.25, 0.3) is 0 Å². The molecule has 32 heavy (non-hydrogen) atoms. The van der Waals surface area contributed by atoms with E-state index in [-0.39, 0.29) is 114 Å². The van der Waals surface area contributed by atoms with Crippen LogP contribution in [0.3, 0.4) is 0 Å². The zero-order valence-corrected chi connectivity index (χ0v) is 28.7. The largest absolute Gasteiger partial charge is 1.00 e. The summed E-state index contributed by atoms with van der Waals surface area (Å²) in [6.45, 7) is 0. The Balaban J connectivity index is -0.00000420. The first-order valence-electron chi connectivity index (χ1n) is 12.1. The maximum atomic E-state index is 10.5. The first-order valence-corrected chi connectivity index (χ1v) is 15.2. The summed E-state index contributed by atoms with van der Waals surface area (Å²) in [5.74, 6) is -0.430. The molecule has 0 bridgehead atoms. The molecule has 0 N–H and O–H groups in total. The molecule has 0 saturated carbocycles. The van der Waals surface area contributed by atoms with Gasteiger partial charge in [-0.05, 0) is 12.8 Å². The molecule has 0 fully saturated rings. The number of hydrogen-bond donors (Lipinski definition) is 0. The zero-order valence-electron chi connectivity index (χ0n) is 20.8. The molecule has 0 aromatic heterocycles. The fraction of sp³-hybridized carbons (Fsp3) is 1.00. The summed E-state index contributed by atoms with van der Waals surface area (Å²) >= 11 is 0. The fourth-order valence-corrected chi connectivity index (χ4v) is 4.86. The van der Waals surface area contributed by atoms with E-state index in [1.54, 1.807) is 0 Å². The van der Waals surface area contributed by atoms with Crippen LogP contribution >= 0.6 is 0 Å². The molecule has 0 saturated heterocycles. The van der Waals surface area contributed by atoms with E-state index in [1.165, 1.54) is 77.0 Å². The van der Waals surface area contributed by atoms with Crippen molar-refractivity contribution in [2.45, 2.75) is 128 Å². The van der Waals surface area contributed by atoms with Gasteiger partial charge in [0.15, 0.2) is 0 Å². The predicted octanol–water partition coefficient (Wildman–Crippen LogP) is -0.113. The Morgan fingerprint density at radius 3 is 0.562 bits per heavy atom. The van der Waals surface area contributed by atoms with Gasteiger partial charge in [0.1, 0.15) is 0 Å².